The quantitative estimate of drug-likeness (QED) is 0.781. The van der Waals surface area contributed by atoms with Crippen molar-refractivity contribution >= 4 is 23.7 Å². The second-order valence-electron chi connectivity index (χ2n) is 4.65. The van der Waals surface area contributed by atoms with Gasteiger partial charge < -0.3 is 5.32 Å². The van der Waals surface area contributed by atoms with Gasteiger partial charge in [0.05, 0.1) is 0 Å². The van der Waals surface area contributed by atoms with Gasteiger partial charge in [-0.15, -0.1) is 23.7 Å². The molecule has 1 unspecified atom stereocenters. The second-order valence-corrected chi connectivity index (χ2v) is 6.02. The molecular formula is C16H22ClNS. The molecule has 1 N–H and O–H groups in total. The Bertz CT molecular complexity index is 467. The van der Waals surface area contributed by atoms with E-state index >= 15 is 0 Å². The highest BCUT2D eigenvalue weighted by atomic mass is 35.5. The van der Waals surface area contributed by atoms with Crippen LogP contribution in [0.15, 0.2) is 42.5 Å². The first-order valence-electron chi connectivity index (χ1n) is 6.63. The summed E-state index contributed by atoms with van der Waals surface area (Å²) in [5.74, 6) is 0. The minimum atomic E-state index is 0. The molecule has 1 atom stereocenters. The number of rotatable bonds is 6. The average Bonchev–Trinajstić information content (AvgIpc) is 2.81. The normalized spacial score (nSPS) is 11.9. The number of nitrogens with one attached hydrogen (secondary N) is 1. The first-order valence-corrected chi connectivity index (χ1v) is 7.45. The van der Waals surface area contributed by atoms with Crippen molar-refractivity contribution in [3.63, 3.8) is 0 Å². The monoisotopic (exact) mass is 295 g/mol. The Morgan fingerprint density at radius 1 is 1.11 bits per heavy atom. The van der Waals surface area contributed by atoms with Crippen molar-refractivity contribution in [1.82, 2.24) is 5.32 Å². The Hall–Kier alpha value is -0.830. The van der Waals surface area contributed by atoms with Crippen molar-refractivity contribution in [2.75, 3.05) is 0 Å². The summed E-state index contributed by atoms with van der Waals surface area (Å²) >= 11 is 1.88. The molecule has 0 saturated heterocycles. The van der Waals surface area contributed by atoms with E-state index in [4.69, 9.17) is 0 Å². The minimum absolute atomic E-state index is 0. The largest absolute Gasteiger partial charge is 0.305 e. The van der Waals surface area contributed by atoms with Crippen LogP contribution in [0.5, 0.6) is 0 Å². The summed E-state index contributed by atoms with van der Waals surface area (Å²) in [5.41, 5.74) is 1.40. The van der Waals surface area contributed by atoms with Crippen LogP contribution in [-0.4, -0.2) is 0 Å². The lowest BCUT2D eigenvalue weighted by Gasteiger charge is -2.18. The molecule has 3 heteroatoms. The van der Waals surface area contributed by atoms with E-state index in [1.165, 1.54) is 28.2 Å². The van der Waals surface area contributed by atoms with Crippen LogP contribution in [0.2, 0.25) is 0 Å². The number of hydrogen-bond donors (Lipinski definition) is 1. The van der Waals surface area contributed by atoms with Gasteiger partial charge in [-0.25, -0.2) is 0 Å². The molecule has 1 aromatic carbocycles. The van der Waals surface area contributed by atoms with Crippen LogP contribution >= 0.6 is 23.7 Å². The lowest BCUT2D eigenvalue weighted by Crippen LogP contribution is -2.20. The van der Waals surface area contributed by atoms with Crippen molar-refractivity contribution in [2.45, 2.75) is 39.3 Å². The Balaban J connectivity index is 0.00000180. The summed E-state index contributed by atoms with van der Waals surface area (Å²) in [6, 6.07) is 15.6. The molecular weight excluding hydrogens is 274 g/mol. The third-order valence-corrected chi connectivity index (χ3v) is 4.10. The molecule has 0 saturated carbocycles. The summed E-state index contributed by atoms with van der Waals surface area (Å²) in [7, 11) is 0. The molecule has 2 aromatic rings. The predicted molar refractivity (Wildman–Crippen MR) is 87.2 cm³/mol. The topological polar surface area (TPSA) is 12.0 Å². The fraction of sp³-hybridized carbons (Fsp3) is 0.375. The number of aryl methyl sites for hydroxylation is 1. The molecule has 1 nitrogen and oxygen atoms in total. The summed E-state index contributed by atoms with van der Waals surface area (Å²) < 4.78 is 0. The minimum Gasteiger partial charge on any atom is -0.305 e. The van der Waals surface area contributed by atoms with Gasteiger partial charge in [-0.2, -0.15) is 0 Å². The van der Waals surface area contributed by atoms with E-state index in [1.54, 1.807) is 0 Å². The molecule has 0 aliphatic carbocycles. The Kier molecular flexibility index (Phi) is 7.14. The van der Waals surface area contributed by atoms with Crippen molar-refractivity contribution in [3.05, 3.63) is 57.8 Å². The van der Waals surface area contributed by atoms with Gasteiger partial charge >= 0.3 is 0 Å². The van der Waals surface area contributed by atoms with Gasteiger partial charge in [0, 0.05) is 22.3 Å². The molecule has 0 aliphatic heterocycles. The summed E-state index contributed by atoms with van der Waals surface area (Å²) in [5, 5.41) is 3.68. The van der Waals surface area contributed by atoms with Crippen LogP contribution in [0, 0.1) is 6.92 Å². The van der Waals surface area contributed by atoms with E-state index < -0.39 is 0 Å². The van der Waals surface area contributed by atoms with E-state index in [0.29, 0.717) is 6.04 Å². The highest BCUT2D eigenvalue weighted by Crippen LogP contribution is 2.20. The molecule has 104 valence electrons. The van der Waals surface area contributed by atoms with Gasteiger partial charge in [-0.1, -0.05) is 43.7 Å². The molecule has 0 spiro atoms. The summed E-state index contributed by atoms with van der Waals surface area (Å²) in [6.07, 6.45) is 2.39. The maximum atomic E-state index is 3.68. The maximum Gasteiger partial charge on any atom is 0.0323 e. The standard InChI is InChI=1S/C16H21NS.ClH/c1-3-7-16(14-8-5-4-6-9-14)17-12-15-11-10-13(2)18-15;/h4-6,8-11,16-17H,3,7,12H2,1-2H3;1H. The summed E-state index contributed by atoms with van der Waals surface area (Å²) in [4.78, 5) is 2.81. The van der Waals surface area contributed by atoms with Crippen molar-refractivity contribution in [1.29, 1.82) is 0 Å². The lowest BCUT2D eigenvalue weighted by atomic mass is 10.0. The van der Waals surface area contributed by atoms with Crippen LogP contribution in [0.3, 0.4) is 0 Å². The van der Waals surface area contributed by atoms with E-state index in [2.05, 4.69) is 61.6 Å². The first kappa shape index (κ1) is 16.2. The predicted octanol–water partition coefficient (Wildman–Crippen LogP) is 5.11. The van der Waals surface area contributed by atoms with Crippen LogP contribution in [0.1, 0.15) is 41.1 Å². The van der Waals surface area contributed by atoms with Gasteiger partial charge in [0.2, 0.25) is 0 Å². The molecule has 0 amide bonds. The van der Waals surface area contributed by atoms with Crippen molar-refractivity contribution in [2.24, 2.45) is 0 Å². The Labute approximate surface area is 126 Å². The fourth-order valence-electron chi connectivity index (χ4n) is 2.16. The van der Waals surface area contributed by atoms with Gasteiger partial charge in [0.25, 0.3) is 0 Å². The molecule has 19 heavy (non-hydrogen) atoms. The Morgan fingerprint density at radius 2 is 1.84 bits per heavy atom. The zero-order valence-corrected chi connectivity index (χ0v) is 13.2. The SMILES string of the molecule is CCCC(NCc1ccc(C)s1)c1ccccc1.Cl. The number of hydrogen-bond acceptors (Lipinski definition) is 2. The highest BCUT2D eigenvalue weighted by molar-refractivity contribution is 7.11. The lowest BCUT2D eigenvalue weighted by molar-refractivity contribution is 0.496. The third kappa shape index (κ3) is 4.98. The van der Waals surface area contributed by atoms with E-state index in [-0.39, 0.29) is 12.4 Å². The zero-order chi connectivity index (χ0) is 12.8. The van der Waals surface area contributed by atoms with Crippen LogP contribution in [-0.2, 0) is 6.54 Å². The van der Waals surface area contributed by atoms with Gasteiger partial charge in [-0.05, 0) is 31.0 Å². The first-order chi connectivity index (χ1) is 8.79. The van der Waals surface area contributed by atoms with E-state index in [1.807, 2.05) is 11.3 Å². The van der Waals surface area contributed by atoms with Crippen molar-refractivity contribution in [3.8, 4) is 0 Å². The molecule has 0 radical (unpaired) electrons. The van der Waals surface area contributed by atoms with Gasteiger partial charge in [0.15, 0.2) is 0 Å². The number of benzene rings is 1. The molecule has 1 aromatic heterocycles. The van der Waals surface area contributed by atoms with Crippen LogP contribution < -0.4 is 5.32 Å². The van der Waals surface area contributed by atoms with Gasteiger partial charge in [-0.3, -0.25) is 0 Å². The van der Waals surface area contributed by atoms with Crippen LogP contribution in [0.4, 0.5) is 0 Å². The smallest absolute Gasteiger partial charge is 0.0323 e. The molecule has 0 fully saturated rings. The van der Waals surface area contributed by atoms with Gasteiger partial charge in [0.1, 0.15) is 0 Å². The third-order valence-electron chi connectivity index (χ3n) is 3.10. The molecule has 0 bridgehead atoms. The Morgan fingerprint density at radius 3 is 2.42 bits per heavy atom. The number of thiophene rings is 1. The molecule has 0 aliphatic rings. The van der Waals surface area contributed by atoms with Crippen LogP contribution in [0.25, 0.3) is 0 Å². The second kappa shape index (κ2) is 8.36. The average molecular weight is 296 g/mol. The molecule has 2 rings (SSSR count). The molecule has 1 heterocycles. The zero-order valence-electron chi connectivity index (χ0n) is 11.6. The maximum absolute atomic E-state index is 3.68. The van der Waals surface area contributed by atoms with Crippen molar-refractivity contribution < 1.29 is 0 Å². The number of halogens is 1. The highest BCUT2D eigenvalue weighted by Gasteiger charge is 2.09. The van der Waals surface area contributed by atoms with E-state index in [9.17, 15) is 0 Å². The summed E-state index contributed by atoms with van der Waals surface area (Å²) in [6.45, 7) is 5.37. The van der Waals surface area contributed by atoms with E-state index in [0.717, 1.165) is 6.54 Å². The fourth-order valence-corrected chi connectivity index (χ4v) is 3.01.